The summed E-state index contributed by atoms with van der Waals surface area (Å²) in [5.74, 6) is 0.848. The third-order valence-corrected chi connectivity index (χ3v) is 2.12. The highest BCUT2D eigenvalue weighted by molar-refractivity contribution is 5.68. The van der Waals surface area contributed by atoms with E-state index in [2.05, 4.69) is 9.97 Å². The maximum atomic E-state index is 5.15. The lowest BCUT2D eigenvalue weighted by Crippen LogP contribution is -1.83. The van der Waals surface area contributed by atoms with E-state index in [9.17, 15) is 0 Å². The molecular formula is C13H12N2O. The number of hydrogen-bond donors (Lipinski definition) is 0. The highest BCUT2D eigenvalue weighted by Crippen LogP contribution is 2.14. The minimum Gasteiger partial charge on any atom is -0.497 e. The first-order valence-corrected chi connectivity index (χ1v) is 4.96. The fourth-order valence-corrected chi connectivity index (χ4v) is 1.32. The molecule has 1 aromatic carbocycles. The van der Waals surface area contributed by atoms with Crippen molar-refractivity contribution < 1.29 is 4.74 Å². The zero-order valence-corrected chi connectivity index (χ0v) is 9.00. The van der Waals surface area contributed by atoms with E-state index < -0.39 is 0 Å². The lowest BCUT2D eigenvalue weighted by Gasteiger charge is -1.99. The molecule has 0 saturated heterocycles. The normalized spacial score (nSPS) is 10.6. The summed E-state index contributed by atoms with van der Waals surface area (Å²) in [6.07, 6.45) is 8.94. The first kappa shape index (κ1) is 10.4. The zero-order chi connectivity index (χ0) is 11.2. The summed E-state index contributed by atoms with van der Waals surface area (Å²) in [7, 11) is 1.66. The smallest absolute Gasteiger partial charge is 0.119 e. The molecular weight excluding hydrogens is 200 g/mol. The Kier molecular flexibility index (Phi) is 3.28. The maximum absolute atomic E-state index is 5.15. The third-order valence-electron chi connectivity index (χ3n) is 2.12. The summed E-state index contributed by atoms with van der Waals surface area (Å²) in [6.45, 7) is 0. The fourth-order valence-electron chi connectivity index (χ4n) is 1.32. The van der Waals surface area contributed by atoms with Crippen LogP contribution in [0.1, 0.15) is 11.3 Å². The van der Waals surface area contributed by atoms with Crippen LogP contribution >= 0.6 is 0 Å². The molecule has 0 N–H and O–H groups in total. The van der Waals surface area contributed by atoms with Crippen LogP contribution in [0.4, 0.5) is 0 Å². The SMILES string of the molecule is COc1cccc(C=Cc2cnccn2)c1. The molecule has 3 nitrogen and oxygen atoms in total. The molecule has 0 amide bonds. The van der Waals surface area contributed by atoms with Gasteiger partial charge < -0.3 is 4.74 Å². The summed E-state index contributed by atoms with van der Waals surface area (Å²) in [5.41, 5.74) is 1.91. The van der Waals surface area contributed by atoms with Crippen molar-refractivity contribution >= 4 is 12.2 Å². The molecule has 1 aromatic heterocycles. The Labute approximate surface area is 94.4 Å². The number of aromatic nitrogens is 2. The molecule has 0 atom stereocenters. The molecule has 0 unspecified atom stereocenters. The average Bonchev–Trinajstić information content (AvgIpc) is 2.38. The van der Waals surface area contributed by atoms with Gasteiger partial charge in [-0.2, -0.15) is 0 Å². The molecule has 0 aliphatic heterocycles. The van der Waals surface area contributed by atoms with Gasteiger partial charge in [0, 0.05) is 12.4 Å². The van der Waals surface area contributed by atoms with Crippen LogP contribution in [0.15, 0.2) is 42.9 Å². The van der Waals surface area contributed by atoms with E-state index in [1.165, 1.54) is 0 Å². The summed E-state index contributed by atoms with van der Waals surface area (Å²) < 4.78 is 5.15. The lowest BCUT2D eigenvalue weighted by molar-refractivity contribution is 0.414. The van der Waals surface area contributed by atoms with E-state index in [-0.39, 0.29) is 0 Å². The Hall–Kier alpha value is -2.16. The average molecular weight is 212 g/mol. The number of methoxy groups -OCH3 is 1. The van der Waals surface area contributed by atoms with Crippen molar-refractivity contribution in [2.45, 2.75) is 0 Å². The van der Waals surface area contributed by atoms with E-state index in [0.29, 0.717) is 0 Å². The van der Waals surface area contributed by atoms with Gasteiger partial charge in [-0.05, 0) is 23.8 Å². The Bertz CT molecular complexity index is 480. The summed E-state index contributed by atoms with van der Waals surface area (Å²) in [4.78, 5) is 8.15. The number of nitrogens with zero attached hydrogens (tertiary/aromatic N) is 2. The van der Waals surface area contributed by atoms with Gasteiger partial charge in [-0.25, -0.2) is 0 Å². The first-order valence-electron chi connectivity index (χ1n) is 4.96. The van der Waals surface area contributed by atoms with Crippen LogP contribution in [0.25, 0.3) is 12.2 Å². The Morgan fingerprint density at radius 2 is 2.12 bits per heavy atom. The van der Waals surface area contributed by atoms with Gasteiger partial charge in [-0.3, -0.25) is 9.97 Å². The van der Waals surface area contributed by atoms with Crippen LogP contribution in [0.5, 0.6) is 5.75 Å². The highest BCUT2D eigenvalue weighted by atomic mass is 16.5. The molecule has 1 heterocycles. The van der Waals surface area contributed by atoms with Gasteiger partial charge in [0.2, 0.25) is 0 Å². The van der Waals surface area contributed by atoms with Gasteiger partial charge in [0.15, 0.2) is 0 Å². The molecule has 0 bridgehead atoms. The van der Waals surface area contributed by atoms with Crippen LogP contribution < -0.4 is 4.74 Å². The largest absolute Gasteiger partial charge is 0.497 e. The second-order valence-corrected chi connectivity index (χ2v) is 3.24. The second kappa shape index (κ2) is 5.07. The number of rotatable bonds is 3. The Morgan fingerprint density at radius 1 is 1.19 bits per heavy atom. The maximum Gasteiger partial charge on any atom is 0.119 e. The van der Waals surface area contributed by atoms with Crippen LogP contribution in [-0.2, 0) is 0 Å². The van der Waals surface area contributed by atoms with Crippen molar-refractivity contribution in [3.05, 3.63) is 54.1 Å². The minimum atomic E-state index is 0.838. The van der Waals surface area contributed by atoms with E-state index in [0.717, 1.165) is 17.0 Å². The number of benzene rings is 1. The van der Waals surface area contributed by atoms with Crippen LogP contribution in [0.3, 0.4) is 0 Å². The summed E-state index contributed by atoms with van der Waals surface area (Å²) >= 11 is 0. The third kappa shape index (κ3) is 2.67. The molecule has 3 heteroatoms. The predicted octanol–water partition coefficient (Wildman–Crippen LogP) is 2.66. The molecule has 16 heavy (non-hydrogen) atoms. The van der Waals surface area contributed by atoms with Gasteiger partial charge in [0.1, 0.15) is 5.75 Å². The van der Waals surface area contributed by atoms with Crippen molar-refractivity contribution in [2.24, 2.45) is 0 Å². The minimum absolute atomic E-state index is 0.838. The summed E-state index contributed by atoms with van der Waals surface area (Å²) in [5, 5.41) is 0. The van der Waals surface area contributed by atoms with Gasteiger partial charge >= 0.3 is 0 Å². The first-order chi connectivity index (χ1) is 7.88. The van der Waals surface area contributed by atoms with E-state index in [4.69, 9.17) is 4.74 Å². The summed E-state index contributed by atoms with van der Waals surface area (Å²) in [6, 6.07) is 7.84. The van der Waals surface area contributed by atoms with Crippen molar-refractivity contribution in [1.29, 1.82) is 0 Å². The molecule has 0 aliphatic rings. The molecule has 80 valence electrons. The highest BCUT2D eigenvalue weighted by Gasteiger charge is 1.92. The molecule has 0 radical (unpaired) electrons. The Morgan fingerprint density at radius 3 is 2.88 bits per heavy atom. The fraction of sp³-hybridized carbons (Fsp3) is 0.0769. The number of hydrogen-bond acceptors (Lipinski definition) is 3. The van der Waals surface area contributed by atoms with Gasteiger partial charge in [0.05, 0.1) is 19.0 Å². The Balaban J connectivity index is 2.17. The lowest BCUT2D eigenvalue weighted by atomic mass is 10.2. The van der Waals surface area contributed by atoms with Crippen LogP contribution in [0.2, 0.25) is 0 Å². The van der Waals surface area contributed by atoms with Gasteiger partial charge in [-0.1, -0.05) is 18.2 Å². The molecule has 0 spiro atoms. The zero-order valence-electron chi connectivity index (χ0n) is 9.00. The molecule has 0 saturated carbocycles. The van der Waals surface area contributed by atoms with Crippen molar-refractivity contribution in [1.82, 2.24) is 9.97 Å². The monoisotopic (exact) mass is 212 g/mol. The van der Waals surface area contributed by atoms with E-state index in [1.807, 2.05) is 36.4 Å². The quantitative estimate of drug-likeness (QED) is 0.784. The molecule has 0 fully saturated rings. The van der Waals surface area contributed by atoms with Crippen molar-refractivity contribution in [3.8, 4) is 5.75 Å². The van der Waals surface area contributed by atoms with Crippen molar-refractivity contribution in [3.63, 3.8) is 0 Å². The second-order valence-electron chi connectivity index (χ2n) is 3.24. The van der Waals surface area contributed by atoms with Gasteiger partial charge in [-0.15, -0.1) is 0 Å². The number of ether oxygens (including phenoxy) is 1. The topological polar surface area (TPSA) is 35.0 Å². The van der Waals surface area contributed by atoms with Gasteiger partial charge in [0.25, 0.3) is 0 Å². The molecule has 0 aliphatic carbocycles. The standard InChI is InChI=1S/C13H12N2O/c1-16-13-4-2-3-11(9-13)5-6-12-10-14-7-8-15-12/h2-10H,1H3. The van der Waals surface area contributed by atoms with Crippen molar-refractivity contribution in [2.75, 3.05) is 7.11 Å². The predicted molar refractivity (Wildman–Crippen MR) is 64.0 cm³/mol. The van der Waals surface area contributed by atoms with Crippen LogP contribution in [0, 0.1) is 0 Å². The van der Waals surface area contributed by atoms with Crippen LogP contribution in [-0.4, -0.2) is 17.1 Å². The molecule has 2 rings (SSSR count). The molecule has 2 aromatic rings. The van der Waals surface area contributed by atoms with E-state index >= 15 is 0 Å². The van der Waals surface area contributed by atoms with E-state index in [1.54, 1.807) is 25.7 Å².